The Bertz CT molecular complexity index is 788. The lowest BCUT2D eigenvalue weighted by Gasteiger charge is -2.06. The largest absolute Gasteiger partial charge is 0.477 e. The summed E-state index contributed by atoms with van der Waals surface area (Å²) in [5.41, 5.74) is 0.183. The maximum Gasteiger partial charge on any atom is 0.345 e. The quantitative estimate of drug-likeness (QED) is 0.817. The van der Waals surface area contributed by atoms with E-state index in [0.717, 1.165) is 0 Å². The van der Waals surface area contributed by atoms with Crippen molar-refractivity contribution in [2.75, 3.05) is 0 Å². The monoisotopic (exact) mass is 393 g/mol. The van der Waals surface area contributed by atoms with Crippen molar-refractivity contribution in [3.05, 3.63) is 51.1 Å². The van der Waals surface area contributed by atoms with E-state index in [1.54, 1.807) is 0 Å². The molecular weight excluding hydrogens is 385 g/mol. The number of carboxylic acids is 1. The van der Waals surface area contributed by atoms with Crippen LogP contribution < -0.4 is 4.72 Å². The molecular formula is C12H9BrFNO4S2. The Kier molecular flexibility index (Phi) is 4.77. The second-order valence-electron chi connectivity index (χ2n) is 3.98. The van der Waals surface area contributed by atoms with E-state index in [4.69, 9.17) is 5.11 Å². The van der Waals surface area contributed by atoms with Gasteiger partial charge in [-0.25, -0.2) is 22.3 Å². The highest BCUT2D eigenvalue weighted by Gasteiger charge is 2.19. The zero-order chi connectivity index (χ0) is 15.6. The van der Waals surface area contributed by atoms with Gasteiger partial charge in [0.15, 0.2) is 0 Å². The van der Waals surface area contributed by atoms with Crippen LogP contribution in [0.1, 0.15) is 15.2 Å². The number of aromatic carboxylic acids is 1. The first kappa shape index (κ1) is 16.1. The topological polar surface area (TPSA) is 83.5 Å². The van der Waals surface area contributed by atoms with Crippen LogP contribution in [0.5, 0.6) is 0 Å². The number of rotatable bonds is 5. The summed E-state index contributed by atoms with van der Waals surface area (Å²) in [6, 6.07) is 6.61. The van der Waals surface area contributed by atoms with E-state index >= 15 is 0 Å². The van der Waals surface area contributed by atoms with Gasteiger partial charge in [0.25, 0.3) is 0 Å². The number of nitrogens with one attached hydrogen (secondary N) is 1. The van der Waals surface area contributed by atoms with Crippen molar-refractivity contribution in [3.63, 3.8) is 0 Å². The molecule has 21 heavy (non-hydrogen) atoms. The fourth-order valence-corrected chi connectivity index (χ4v) is 4.11. The molecule has 5 nitrogen and oxygen atoms in total. The number of carbonyl (C=O) groups is 1. The number of benzene rings is 1. The Morgan fingerprint density at radius 3 is 2.67 bits per heavy atom. The van der Waals surface area contributed by atoms with Crippen LogP contribution >= 0.6 is 27.3 Å². The van der Waals surface area contributed by atoms with Crippen molar-refractivity contribution >= 4 is 43.3 Å². The van der Waals surface area contributed by atoms with Gasteiger partial charge in [0.1, 0.15) is 14.9 Å². The number of hydrogen-bond acceptors (Lipinski definition) is 4. The van der Waals surface area contributed by atoms with Gasteiger partial charge in [0, 0.05) is 16.6 Å². The molecule has 0 aliphatic carbocycles. The highest BCUT2D eigenvalue weighted by atomic mass is 79.9. The maximum atomic E-state index is 13.5. The standard InChI is InChI=1S/C12H9BrFNO4S2/c13-8-1-2-9(14)7(5-8)6-15-21(18,19)11-4-3-10(20-11)12(16)17/h1-5,15H,6H2,(H,16,17). The van der Waals surface area contributed by atoms with Gasteiger partial charge < -0.3 is 5.11 Å². The molecule has 1 heterocycles. The fraction of sp³-hybridized carbons (Fsp3) is 0.0833. The van der Waals surface area contributed by atoms with E-state index in [2.05, 4.69) is 20.7 Å². The lowest BCUT2D eigenvalue weighted by Crippen LogP contribution is -2.22. The lowest BCUT2D eigenvalue weighted by molar-refractivity contribution is 0.0702. The number of halogens is 2. The van der Waals surface area contributed by atoms with Gasteiger partial charge in [-0.15, -0.1) is 11.3 Å². The third-order valence-corrected chi connectivity index (χ3v) is 5.98. The maximum absolute atomic E-state index is 13.5. The van der Waals surface area contributed by atoms with Crippen LogP contribution in [0, 0.1) is 5.82 Å². The number of thiophene rings is 1. The summed E-state index contributed by atoms with van der Waals surface area (Å²) in [5.74, 6) is -1.72. The van der Waals surface area contributed by atoms with Crippen LogP contribution in [0.25, 0.3) is 0 Å². The molecule has 0 atom stereocenters. The highest BCUT2D eigenvalue weighted by molar-refractivity contribution is 9.10. The van der Waals surface area contributed by atoms with Gasteiger partial charge in [-0.1, -0.05) is 15.9 Å². The van der Waals surface area contributed by atoms with Crippen LogP contribution in [0.4, 0.5) is 4.39 Å². The Balaban J connectivity index is 2.17. The molecule has 0 amide bonds. The van der Waals surface area contributed by atoms with E-state index < -0.39 is 21.8 Å². The second kappa shape index (κ2) is 6.22. The summed E-state index contributed by atoms with van der Waals surface area (Å²) < 4.78 is 40.3. The molecule has 0 fully saturated rings. The third kappa shape index (κ3) is 3.88. The summed E-state index contributed by atoms with van der Waals surface area (Å²) in [5, 5.41) is 8.78. The normalized spacial score (nSPS) is 11.5. The summed E-state index contributed by atoms with van der Waals surface area (Å²) in [7, 11) is -3.88. The summed E-state index contributed by atoms with van der Waals surface area (Å²) in [4.78, 5) is 10.7. The molecule has 112 valence electrons. The molecule has 0 aliphatic heterocycles. The Morgan fingerprint density at radius 2 is 2.05 bits per heavy atom. The molecule has 0 saturated carbocycles. The average molecular weight is 394 g/mol. The molecule has 2 rings (SSSR count). The van der Waals surface area contributed by atoms with Crippen molar-refractivity contribution in [1.82, 2.24) is 4.72 Å². The molecule has 2 aromatic rings. The van der Waals surface area contributed by atoms with Crippen LogP contribution in [0.3, 0.4) is 0 Å². The Hall–Kier alpha value is -1.29. The van der Waals surface area contributed by atoms with Gasteiger partial charge in [0.2, 0.25) is 10.0 Å². The van der Waals surface area contributed by atoms with Gasteiger partial charge in [-0.3, -0.25) is 0 Å². The molecule has 9 heteroatoms. The zero-order valence-corrected chi connectivity index (χ0v) is 13.6. The number of sulfonamides is 1. The summed E-state index contributed by atoms with van der Waals surface area (Å²) >= 11 is 3.81. The predicted molar refractivity (Wildman–Crippen MR) is 79.4 cm³/mol. The van der Waals surface area contributed by atoms with Crippen molar-refractivity contribution < 1.29 is 22.7 Å². The first-order valence-electron chi connectivity index (χ1n) is 5.56. The second-order valence-corrected chi connectivity index (χ2v) is 7.98. The summed E-state index contributed by atoms with van der Waals surface area (Å²) in [6.07, 6.45) is 0. The van der Waals surface area contributed by atoms with Crippen LogP contribution in [0.15, 0.2) is 39.0 Å². The Morgan fingerprint density at radius 1 is 1.33 bits per heavy atom. The molecule has 0 unspecified atom stereocenters. The third-order valence-electron chi connectivity index (χ3n) is 2.52. The summed E-state index contributed by atoms with van der Waals surface area (Å²) in [6.45, 7) is -0.228. The van der Waals surface area contributed by atoms with Crippen LogP contribution in [-0.2, 0) is 16.6 Å². The Labute approximate surface area is 132 Å². The van der Waals surface area contributed by atoms with Crippen molar-refractivity contribution in [3.8, 4) is 0 Å². The van der Waals surface area contributed by atoms with E-state index in [1.807, 2.05) is 0 Å². The minimum Gasteiger partial charge on any atom is -0.477 e. The van der Waals surface area contributed by atoms with Gasteiger partial charge in [0.05, 0.1) is 0 Å². The van der Waals surface area contributed by atoms with Gasteiger partial charge >= 0.3 is 5.97 Å². The molecule has 0 aliphatic rings. The van der Waals surface area contributed by atoms with Gasteiger partial charge in [-0.05, 0) is 30.3 Å². The molecule has 0 saturated heterocycles. The smallest absolute Gasteiger partial charge is 0.345 e. The molecule has 0 radical (unpaired) electrons. The van der Waals surface area contributed by atoms with E-state index in [1.165, 1.54) is 30.3 Å². The van der Waals surface area contributed by atoms with Crippen molar-refractivity contribution in [2.45, 2.75) is 10.8 Å². The minimum atomic E-state index is -3.88. The lowest BCUT2D eigenvalue weighted by atomic mass is 10.2. The van der Waals surface area contributed by atoms with E-state index in [9.17, 15) is 17.6 Å². The first-order chi connectivity index (χ1) is 9.79. The molecule has 2 N–H and O–H groups in total. The fourth-order valence-electron chi connectivity index (χ4n) is 1.50. The van der Waals surface area contributed by atoms with Crippen molar-refractivity contribution in [1.29, 1.82) is 0 Å². The molecule has 1 aromatic heterocycles. The highest BCUT2D eigenvalue weighted by Crippen LogP contribution is 2.22. The zero-order valence-electron chi connectivity index (χ0n) is 10.3. The average Bonchev–Trinajstić information content (AvgIpc) is 2.90. The molecule has 1 aromatic carbocycles. The van der Waals surface area contributed by atoms with Crippen LogP contribution in [0.2, 0.25) is 0 Å². The number of carboxylic acid groups (broad SMARTS) is 1. The van der Waals surface area contributed by atoms with Gasteiger partial charge in [-0.2, -0.15) is 0 Å². The van der Waals surface area contributed by atoms with E-state index in [-0.39, 0.29) is 21.2 Å². The first-order valence-corrected chi connectivity index (χ1v) is 8.65. The predicted octanol–water partition coefficient (Wildman–Crippen LogP) is 2.83. The molecule has 0 bridgehead atoms. The molecule has 0 spiro atoms. The van der Waals surface area contributed by atoms with Crippen LogP contribution in [-0.4, -0.2) is 19.5 Å². The SMILES string of the molecule is O=C(O)c1ccc(S(=O)(=O)NCc2cc(Br)ccc2F)s1. The minimum absolute atomic E-state index is 0.0796. The number of hydrogen-bond donors (Lipinski definition) is 2. The van der Waals surface area contributed by atoms with E-state index in [0.29, 0.717) is 15.8 Å². The van der Waals surface area contributed by atoms with Crippen molar-refractivity contribution in [2.24, 2.45) is 0 Å².